The monoisotopic (exact) mass is 334 g/mol. The summed E-state index contributed by atoms with van der Waals surface area (Å²) in [7, 11) is 3.69. The molecule has 1 aromatic heterocycles. The Bertz CT molecular complexity index is 578. The van der Waals surface area contributed by atoms with Gasteiger partial charge in [-0.25, -0.2) is 0 Å². The highest BCUT2D eigenvalue weighted by Gasteiger charge is 2.44. The van der Waals surface area contributed by atoms with Crippen LogP contribution < -0.4 is 0 Å². The minimum Gasteiger partial charge on any atom is -0.361 e. The normalized spacial score (nSPS) is 25.5. The summed E-state index contributed by atoms with van der Waals surface area (Å²) in [4.78, 5) is 18.9. The van der Waals surface area contributed by atoms with Crippen molar-refractivity contribution >= 4 is 5.91 Å². The number of rotatable bonds is 4. The number of carbonyl (C=O) groups is 1. The number of likely N-dealkylation sites (tertiary alicyclic amines) is 2. The molecule has 1 amide bonds. The van der Waals surface area contributed by atoms with Gasteiger partial charge in [-0.2, -0.15) is 0 Å². The highest BCUT2D eigenvalue weighted by molar-refractivity contribution is 5.77. The van der Waals surface area contributed by atoms with Crippen molar-refractivity contribution in [1.82, 2.24) is 19.9 Å². The molecule has 134 valence electrons. The molecule has 0 unspecified atom stereocenters. The molecule has 2 fully saturated rings. The summed E-state index contributed by atoms with van der Waals surface area (Å²) in [6.07, 6.45) is 4.79. The lowest BCUT2D eigenvalue weighted by Gasteiger charge is -2.46. The molecule has 0 bridgehead atoms. The fourth-order valence-electron chi connectivity index (χ4n) is 4.30. The third-order valence-corrected chi connectivity index (χ3v) is 5.76. The van der Waals surface area contributed by atoms with E-state index in [9.17, 15) is 4.79 Å². The summed E-state index contributed by atoms with van der Waals surface area (Å²) < 4.78 is 5.32. The van der Waals surface area contributed by atoms with Crippen LogP contribution in [0.25, 0.3) is 0 Å². The number of carbonyl (C=O) groups excluding carboxylic acids is 1. The van der Waals surface area contributed by atoms with E-state index in [0.717, 1.165) is 37.6 Å². The molecule has 1 atom stereocenters. The van der Waals surface area contributed by atoms with E-state index >= 15 is 0 Å². The van der Waals surface area contributed by atoms with Crippen LogP contribution in [0.1, 0.15) is 42.7 Å². The number of aromatic nitrogens is 1. The molecule has 0 aromatic carbocycles. The second-order valence-electron chi connectivity index (χ2n) is 7.65. The molecule has 2 aliphatic heterocycles. The molecule has 24 heavy (non-hydrogen) atoms. The van der Waals surface area contributed by atoms with E-state index in [1.54, 1.807) is 4.90 Å². The van der Waals surface area contributed by atoms with Gasteiger partial charge in [0.1, 0.15) is 5.76 Å². The smallest absolute Gasteiger partial charge is 0.236 e. The third kappa shape index (κ3) is 3.35. The third-order valence-electron chi connectivity index (χ3n) is 5.76. The van der Waals surface area contributed by atoms with Gasteiger partial charge in [0.05, 0.1) is 12.2 Å². The molecule has 0 aliphatic carbocycles. The average molecular weight is 334 g/mol. The van der Waals surface area contributed by atoms with Gasteiger partial charge in [0.2, 0.25) is 5.91 Å². The lowest BCUT2D eigenvalue weighted by molar-refractivity contribution is -0.131. The Morgan fingerprint density at radius 1 is 1.25 bits per heavy atom. The molecule has 0 radical (unpaired) electrons. The van der Waals surface area contributed by atoms with Crippen LogP contribution in [0.4, 0.5) is 0 Å². The van der Waals surface area contributed by atoms with Gasteiger partial charge in [0, 0.05) is 38.3 Å². The zero-order valence-electron chi connectivity index (χ0n) is 15.5. The first-order chi connectivity index (χ1) is 11.4. The minimum atomic E-state index is 0.170. The van der Waals surface area contributed by atoms with Crippen LogP contribution in [-0.4, -0.2) is 71.6 Å². The maximum Gasteiger partial charge on any atom is 0.236 e. The maximum absolute atomic E-state index is 12.2. The van der Waals surface area contributed by atoms with Crippen LogP contribution in [0.2, 0.25) is 0 Å². The first-order valence-corrected chi connectivity index (χ1v) is 9.00. The largest absolute Gasteiger partial charge is 0.361 e. The van der Waals surface area contributed by atoms with Crippen LogP contribution in [0, 0.1) is 13.8 Å². The van der Waals surface area contributed by atoms with Gasteiger partial charge < -0.3 is 9.42 Å². The molecule has 2 saturated heterocycles. The lowest BCUT2D eigenvalue weighted by atomic mass is 9.86. The Hall–Kier alpha value is -1.40. The van der Waals surface area contributed by atoms with Crippen molar-refractivity contribution in [3.8, 4) is 0 Å². The molecular weight excluding hydrogens is 304 g/mol. The molecule has 2 aliphatic rings. The summed E-state index contributed by atoms with van der Waals surface area (Å²) in [5.74, 6) is 1.14. The maximum atomic E-state index is 12.2. The van der Waals surface area contributed by atoms with Gasteiger partial charge in [-0.05, 0) is 52.6 Å². The number of aryl methyl sites for hydroxylation is 2. The minimum absolute atomic E-state index is 0.170. The van der Waals surface area contributed by atoms with Crippen molar-refractivity contribution < 1.29 is 9.32 Å². The second kappa shape index (κ2) is 6.84. The molecule has 1 spiro atoms. The Balaban J connectivity index is 1.70. The standard InChI is InChI=1S/C18H30N4O2/c1-14-16(15(2)24-19-14)11-21-9-5-7-18(13-21)8-6-10-22(18)12-17(23)20(3)4/h5-13H2,1-4H3/t18-/m1/s1. The number of amides is 1. The Morgan fingerprint density at radius 3 is 2.58 bits per heavy atom. The molecule has 3 heterocycles. The Morgan fingerprint density at radius 2 is 1.96 bits per heavy atom. The van der Waals surface area contributed by atoms with Crippen LogP contribution in [-0.2, 0) is 11.3 Å². The summed E-state index contributed by atoms with van der Waals surface area (Å²) in [5, 5.41) is 4.08. The van der Waals surface area contributed by atoms with Crippen LogP contribution in [0.5, 0.6) is 0 Å². The molecule has 0 saturated carbocycles. The summed E-state index contributed by atoms with van der Waals surface area (Å²) in [5.41, 5.74) is 2.39. The molecule has 3 rings (SSSR count). The quantitative estimate of drug-likeness (QED) is 0.840. The molecular formula is C18H30N4O2. The van der Waals surface area contributed by atoms with Crippen molar-refractivity contribution in [1.29, 1.82) is 0 Å². The predicted octanol–water partition coefficient (Wildman–Crippen LogP) is 1.81. The van der Waals surface area contributed by atoms with Crippen LogP contribution in [0.15, 0.2) is 4.52 Å². The fraction of sp³-hybridized carbons (Fsp3) is 0.778. The van der Waals surface area contributed by atoms with E-state index in [1.165, 1.54) is 31.2 Å². The van der Waals surface area contributed by atoms with Gasteiger partial charge in [0.15, 0.2) is 0 Å². The topological polar surface area (TPSA) is 52.8 Å². The first kappa shape index (κ1) is 17.4. The van der Waals surface area contributed by atoms with Crippen LogP contribution in [0.3, 0.4) is 0 Å². The molecule has 6 nitrogen and oxygen atoms in total. The highest BCUT2D eigenvalue weighted by atomic mass is 16.5. The number of nitrogens with zero attached hydrogens (tertiary/aromatic N) is 4. The summed E-state index contributed by atoms with van der Waals surface area (Å²) in [6, 6.07) is 0. The van der Waals surface area contributed by atoms with Gasteiger partial charge in [-0.1, -0.05) is 5.16 Å². The Kier molecular flexibility index (Phi) is 4.97. The second-order valence-corrected chi connectivity index (χ2v) is 7.65. The number of hydrogen-bond acceptors (Lipinski definition) is 5. The highest BCUT2D eigenvalue weighted by Crippen LogP contribution is 2.37. The first-order valence-electron chi connectivity index (χ1n) is 9.00. The molecule has 1 aromatic rings. The number of likely N-dealkylation sites (N-methyl/N-ethyl adjacent to an activating group) is 1. The van der Waals surface area contributed by atoms with E-state index in [2.05, 4.69) is 15.0 Å². The average Bonchev–Trinajstić information content (AvgIpc) is 3.05. The van der Waals surface area contributed by atoms with Crippen molar-refractivity contribution in [3.05, 3.63) is 17.0 Å². The molecule has 0 N–H and O–H groups in total. The van der Waals surface area contributed by atoms with E-state index in [0.29, 0.717) is 6.54 Å². The zero-order valence-corrected chi connectivity index (χ0v) is 15.5. The fourth-order valence-corrected chi connectivity index (χ4v) is 4.30. The van der Waals surface area contributed by atoms with Crippen molar-refractivity contribution in [2.75, 3.05) is 40.3 Å². The van der Waals surface area contributed by atoms with Gasteiger partial charge >= 0.3 is 0 Å². The summed E-state index contributed by atoms with van der Waals surface area (Å²) in [6.45, 7) is 8.65. The lowest BCUT2D eigenvalue weighted by Crippen LogP contribution is -2.57. The van der Waals surface area contributed by atoms with E-state index in [4.69, 9.17) is 4.52 Å². The van der Waals surface area contributed by atoms with Crippen LogP contribution >= 0.6 is 0 Å². The predicted molar refractivity (Wildman–Crippen MR) is 92.7 cm³/mol. The zero-order chi connectivity index (χ0) is 17.3. The summed E-state index contributed by atoms with van der Waals surface area (Å²) >= 11 is 0. The van der Waals surface area contributed by atoms with E-state index in [-0.39, 0.29) is 11.4 Å². The van der Waals surface area contributed by atoms with Gasteiger partial charge in [-0.3, -0.25) is 14.6 Å². The van der Waals surface area contributed by atoms with E-state index in [1.807, 2.05) is 27.9 Å². The van der Waals surface area contributed by atoms with Crippen molar-refractivity contribution in [2.45, 2.75) is 51.6 Å². The van der Waals surface area contributed by atoms with E-state index < -0.39 is 0 Å². The molecule has 6 heteroatoms. The Labute approximate surface area is 144 Å². The number of piperidine rings is 1. The van der Waals surface area contributed by atoms with Gasteiger partial charge in [0.25, 0.3) is 0 Å². The number of hydrogen-bond donors (Lipinski definition) is 0. The van der Waals surface area contributed by atoms with Crippen molar-refractivity contribution in [2.24, 2.45) is 0 Å². The van der Waals surface area contributed by atoms with Gasteiger partial charge in [-0.15, -0.1) is 0 Å². The van der Waals surface area contributed by atoms with Crippen molar-refractivity contribution in [3.63, 3.8) is 0 Å². The SMILES string of the molecule is Cc1noc(C)c1CN1CCC[C@@]2(CCCN2CC(=O)N(C)C)C1.